The molecule has 0 aromatic heterocycles. The predicted octanol–water partition coefficient (Wildman–Crippen LogP) is 9.42. The number of hydrogen-bond donors (Lipinski definition) is 5. The summed E-state index contributed by atoms with van der Waals surface area (Å²) in [4.78, 5) is 20.1. The largest absolute Gasteiger partial charge is 0.444 e. The van der Waals surface area contributed by atoms with Gasteiger partial charge in [0, 0.05) is 60.0 Å². The number of hydrogen-bond acceptors (Lipinski definition) is 9. The highest BCUT2D eigenvalue weighted by molar-refractivity contribution is 7.80. The zero-order chi connectivity index (χ0) is 48.7. The topological polar surface area (TPSA) is 132 Å². The van der Waals surface area contributed by atoms with E-state index in [1.165, 1.54) is 5.56 Å². The fourth-order valence-electron chi connectivity index (χ4n) is 9.40. The number of alkyl halides is 3. The Labute approximate surface area is 413 Å². The Morgan fingerprint density at radius 1 is 0.687 bits per heavy atom. The molecule has 1 amide bonds. The Bertz CT molecular complexity index is 2070. The van der Waals surface area contributed by atoms with Gasteiger partial charge in [0.15, 0.2) is 5.11 Å². The molecule has 0 aliphatic carbocycles. The summed E-state index contributed by atoms with van der Waals surface area (Å²) < 4.78 is 43.9. The fraction of sp³-hybridized carbons (Fsp3) is 0.592. The summed E-state index contributed by atoms with van der Waals surface area (Å²) in [5.74, 6) is 0.695. The second-order valence-corrected chi connectivity index (χ2v) is 21.3. The molecule has 5 N–H and O–H groups in total. The van der Waals surface area contributed by atoms with Crippen LogP contribution in [0.2, 0.25) is 15.1 Å². The summed E-state index contributed by atoms with van der Waals surface area (Å²) in [7, 11) is 0. The summed E-state index contributed by atoms with van der Waals surface area (Å²) in [5.41, 5.74) is -0.648. The molecule has 4 aliphatic heterocycles. The van der Waals surface area contributed by atoms with E-state index in [9.17, 15) is 38.4 Å². The molecule has 4 saturated heterocycles. The van der Waals surface area contributed by atoms with Crippen molar-refractivity contribution < 1.29 is 43.1 Å². The van der Waals surface area contributed by atoms with Crippen molar-refractivity contribution in [3.05, 3.63) is 98.5 Å². The van der Waals surface area contributed by atoms with Crippen molar-refractivity contribution in [1.29, 1.82) is 0 Å². The van der Waals surface area contributed by atoms with Crippen LogP contribution in [0, 0.1) is 0 Å². The number of anilines is 1. The maximum Gasteiger partial charge on any atom is 0.416 e. The number of carbonyl (C=O) groups is 1. The first-order chi connectivity index (χ1) is 31.5. The van der Waals surface area contributed by atoms with Crippen LogP contribution in [-0.4, -0.2) is 146 Å². The van der Waals surface area contributed by atoms with E-state index in [1.54, 1.807) is 35.2 Å². The lowest BCUT2D eigenvalue weighted by molar-refractivity contribution is -0.137. The van der Waals surface area contributed by atoms with Crippen molar-refractivity contribution in [3.8, 4) is 0 Å². The van der Waals surface area contributed by atoms with Gasteiger partial charge in [-0.2, -0.15) is 13.2 Å². The monoisotopic (exact) mass is 1010 g/mol. The van der Waals surface area contributed by atoms with Crippen LogP contribution in [0.15, 0.2) is 66.7 Å². The van der Waals surface area contributed by atoms with Crippen molar-refractivity contribution >= 4 is 63.9 Å². The van der Waals surface area contributed by atoms with Crippen molar-refractivity contribution in [2.45, 2.75) is 119 Å². The van der Waals surface area contributed by atoms with Gasteiger partial charge >= 0.3 is 12.3 Å². The smallest absolute Gasteiger partial charge is 0.416 e. The number of amides is 1. The first-order valence-electron chi connectivity index (χ1n) is 23.2. The quantitative estimate of drug-likeness (QED) is 0.132. The van der Waals surface area contributed by atoms with Gasteiger partial charge in [-0.3, -0.25) is 0 Å². The number of benzene rings is 3. The van der Waals surface area contributed by atoms with Crippen LogP contribution >= 0.6 is 47.0 Å². The van der Waals surface area contributed by atoms with Gasteiger partial charge in [0.25, 0.3) is 0 Å². The molecule has 370 valence electrons. The molecule has 0 radical (unpaired) electrons. The number of halogens is 6. The predicted molar refractivity (Wildman–Crippen MR) is 262 cm³/mol. The molecular weight excluding hydrogens is 950 g/mol. The van der Waals surface area contributed by atoms with Crippen molar-refractivity contribution in [2.75, 3.05) is 70.8 Å². The van der Waals surface area contributed by atoms with Gasteiger partial charge < -0.3 is 50.1 Å². The van der Waals surface area contributed by atoms with E-state index in [0.29, 0.717) is 105 Å². The lowest BCUT2D eigenvalue weighted by atomic mass is 9.84. The van der Waals surface area contributed by atoms with Crippen LogP contribution < -0.4 is 5.32 Å². The van der Waals surface area contributed by atoms with Gasteiger partial charge in [-0.05, 0) is 176 Å². The number of aliphatic hydroxyl groups excluding tert-OH is 2. The highest BCUT2D eigenvalue weighted by Gasteiger charge is 2.43. The number of thiocarbonyl (C=S) groups is 1. The molecule has 3 aromatic rings. The second-order valence-electron chi connectivity index (χ2n) is 19.6. The fourth-order valence-corrected chi connectivity index (χ4v) is 10.4. The van der Waals surface area contributed by atoms with Crippen LogP contribution in [0.1, 0.15) is 101 Å². The molecule has 0 bridgehead atoms. The normalized spacial score (nSPS) is 20.9. The summed E-state index contributed by atoms with van der Waals surface area (Å²) in [6, 6.07) is 18.6. The van der Waals surface area contributed by atoms with Crippen molar-refractivity contribution in [2.24, 2.45) is 0 Å². The lowest BCUT2D eigenvalue weighted by Gasteiger charge is -2.43. The maximum absolute atomic E-state index is 12.8. The van der Waals surface area contributed by atoms with Crippen molar-refractivity contribution in [3.63, 3.8) is 0 Å². The molecule has 11 nitrogen and oxygen atoms in total. The van der Waals surface area contributed by atoms with Crippen LogP contribution in [0.3, 0.4) is 0 Å². The molecule has 3 aromatic carbocycles. The van der Waals surface area contributed by atoms with Gasteiger partial charge in [0.1, 0.15) is 5.60 Å². The second kappa shape index (κ2) is 22.9. The van der Waals surface area contributed by atoms with Gasteiger partial charge in [-0.25, -0.2) is 4.79 Å². The molecule has 7 rings (SSSR count). The molecular formula is C49H65Cl3F3N5O6S. The highest BCUT2D eigenvalue weighted by atomic mass is 35.5. The molecule has 67 heavy (non-hydrogen) atoms. The van der Waals surface area contributed by atoms with E-state index in [4.69, 9.17) is 51.8 Å². The molecule has 0 spiro atoms. The van der Waals surface area contributed by atoms with Gasteiger partial charge in [0.05, 0.1) is 29.0 Å². The number of likely N-dealkylation sites (tertiary alicyclic amines) is 4. The van der Waals surface area contributed by atoms with Gasteiger partial charge in [-0.15, -0.1) is 0 Å². The Balaban J connectivity index is 0.000000226. The number of aliphatic hydroxyl groups is 4. The summed E-state index contributed by atoms with van der Waals surface area (Å²) in [5, 5.41) is 49.2. The molecule has 2 unspecified atom stereocenters. The molecule has 2 atom stereocenters. The number of ether oxygens (including phenoxy) is 1. The average molecular weight is 1020 g/mol. The Morgan fingerprint density at radius 3 is 1.49 bits per heavy atom. The molecule has 4 heterocycles. The molecule has 18 heteroatoms. The van der Waals surface area contributed by atoms with Crippen LogP contribution in [-0.2, 0) is 10.9 Å². The van der Waals surface area contributed by atoms with E-state index >= 15 is 0 Å². The number of piperidine rings is 4. The lowest BCUT2D eigenvalue weighted by Crippen LogP contribution is -2.56. The molecule has 4 fully saturated rings. The highest BCUT2D eigenvalue weighted by Crippen LogP contribution is 2.35. The number of nitrogens with one attached hydrogen (secondary N) is 1. The third-order valence-electron chi connectivity index (χ3n) is 13.6. The Hall–Kier alpha value is -2.96. The average Bonchev–Trinajstić information content (AvgIpc) is 3.27. The minimum atomic E-state index is -4.33. The minimum Gasteiger partial charge on any atom is -0.444 e. The third-order valence-corrected chi connectivity index (χ3v) is 14.7. The van der Waals surface area contributed by atoms with Crippen LogP contribution in [0.25, 0.3) is 0 Å². The van der Waals surface area contributed by atoms with Gasteiger partial charge in [0.2, 0.25) is 0 Å². The first-order valence-corrected chi connectivity index (χ1v) is 24.7. The Morgan fingerprint density at radius 2 is 1.09 bits per heavy atom. The molecule has 0 saturated carbocycles. The number of nitrogens with zero attached hydrogens (tertiary/aromatic N) is 4. The molecule has 4 aliphatic rings. The number of rotatable bonds is 9. The van der Waals surface area contributed by atoms with E-state index < -0.39 is 40.8 Å². The van der Waals surface area contributed by atoms with Crippen molar-refractivity contribution in [1.82, 2.24) is 19.6 Å². The van der Waals surface area contributed by atoms with Gasteiger partial charge in [-0.1, -0.05) is 59.1 Å². The SMILES string of the molecule is CC(C)(C)OC(=O)N1CCC(O)(C(O)CN2CCC(c3ccc(Cl)cc3)CC2)CC1.OC(CN1CCC(c2ccc(C(F)(F)F)cc2)CC1)C1(O)CCN(C(=S)Nc2cc(Cl)cc(Cl)c2)CC1. The number of carbonyl (C=O) groups excluding carboxylic acids is 1. The summed E-state index contributed by atoms with van der Waals surface area (Å²) in [6.07, 6.45) is -1.35. The zero-order valence-corrected chi connectivity index (χ0v) is 41.5. The van der Waals surface area contributed by atoms with Crippen LogP contribution in [0.4, 0.5) is 23.7 Å². The summed E-state index contributed by atoms with van der Waals surface area (Å²) >= 11 is 23.6. The van der Waals surface area contributed by atoms with Crippen LogP contribution in [0.5, 0.6) is 0 Å². The maximum atomic E-state index is 12.8. The zero-order valence-electron chi connectivity index (χ0n) is 38.5. The third kappa shape index (κ3) is 15.3. The summed E-state index contributed by atoms with van der Waals surface area (Å²) in [6.45, 7) is 11.3. The van der Waals surface area contributed by atoms with E-state index in [1.807, 2.05) is 37.8 Å². The van der Waals surface area contributed by atoms with E-state index in [2.05, 4.69) is 27.2 Å². The van der Waals surface area contributed by atoms with E-state index in [0.717, 1.165) is 61.5 Å². The first kappa shape index (κ1) is 53.4. The van der Waals surface area contributed by atoms with E-state index in [-0.39, 0.29) is 12.0 Å². The number of β-amino-alcohol motifs (C(OH)–C–C–N with tert-alkyl or cyclic N) is 2. The Kier molecular flexibility index (Phi) is 18.2. The minimum absolute atomic E-state index is 0.185. The standard InChI is InChI=1S/C26H30Cl2F3N3O2S.C23H35ClN2O4/c27-20-13-21(28)15-22(14-20)32-24(37)34-11-7-25(36,8-12-34)23(35)16-33-9-5-18(6-10-33)17-1-3-19(4-2-17)26(29,30)31;1-22(2,3)30-21(28)26-14-10-23(29,11-15-26)20(27)16-25-12-8-18(9-13-25)17-4-6-19(24)7-5-17/h1-4,13-15,18,23,35-36H,5-12,16H2,(H,32,37);4-7,18,20,27,29H,8-16H2,1-3H3.